The van der Waals surface area contributed by atoms with E-state index < -0.39 is 16.6 Å². The summed E-state index contributed by atoms with van der Waals surface area (Å²) in [6.07, 6.45) is 3.52. The highest BCUT2D eigenvalue weighted by Crippen LogP contribution is 2.39. The Hall–Kier alpha value is 0.824. The molecule has 0 aliphatic heterocycles. The van der Waals surface area contributed by atoms with Crippen LogP contribution in [0.15, 0.2) is 10.2 Å². The normalized spacial score (nSPS) is 16.5. The lowest BCUT2D eigenvalue weighted by Gasteiger charge is -2.40. The standard InChI is InChI=1S/C21H45IO2Si2/c1-17(18(2)22)16-19(24-26(11,12)21(6,7)8)14-13-15-23-25(9,10)20(3,4)5/h17,19H,2,13-16H2,1,3-12H3/t17-,19?/m1/s1. The Balaban J connectivity index is 4.86. The molecule has 0 aromatic rings. The number of halogens is 1. The summed E-state index contributed by atoms with van der Waals surface area (Å²) in [5, 5.41) is 0.519. The first-order valence-electron chi connectivity index (χ1n) is 10.1. The first-order valence-corrected chi connectivity index (χ1v) is 17.0. The molecule has 0 amide bonds. The van der Waals surface area contributed by atoms with Gasteiger partial charge in [-0.15, -0.1) is 0 Å². The van der Waals surface area contributed by atoms with Gasteiger partial charge in [0, 0.05) is 12.7 Å². The Bertz CT molecular complexity index is 448. The van der Waals surface area contributed by atoms with Crippen LogP contribution >= 0.6 is 22.6 Å². The Morgan fingerprint density at radius 1 is 0.962 bits per heavy atom. The molecule has 0 heterocycles. The molecule has 0 aliphatic rings. The summed E-state index contributed by atoms with van der Waals surface area (Å²) in [4.78, 5) is 0. The summed E-state index contributed by atoms with van der Waals surface area (Å²) < 4.78 is 14.4. The van der Waals surface area contributed by atoms with Gasteiger partial charge >= 0.3 is 0 Å². The summed E-state index contributed by atoms with van der Waals surface area (Å²) in [5.74, 6) is 0.492. The summed E-state index contributed by atoms with van der Waals surface area (Å²) >= 11 is 2.36. The Morgan fingerprint density at radius 3 is 1.81 bits per heavy atom. The average molecular weight is 513 g/mol. The first-order chi connectivity index (χ1) is 11.4. The number of hydrogen-bond donors (Lipinski definition) is 0. The van der Waals surface area contributed by atoms with E-state index in [1.807, 2.05) is 0 Å². The summed E-state index contributed by atoms with van der Waals surface area (Å²) in [7, 11) is -3.41. The van der Waals surface area contributed by atoms with Crippen LogP contribution in [0, 0.1) is 5.92 Å². The highest BCUT2D eigenvalue weighted by atomic mass is 127. The summed E-state index contributed by atoms with van der Waals surface area (Å²) in [6.45, 7) is 30.5. The lowest BCUT2D eigenvalue weighted by Crippen LogP contribution is -2.44. The lowest BCUT2D eigenvalue weighted by molar-refractivity contribution is 0.139. The van der Waals surface area contributed by atoms with E-state index in [0.717, 1.165) is 25.9 Å². The average Bonchev–Trinajstić information content (AvgIpc) is 2.40. The van der Waals surface area contributed by atoms with Crippen LogP contribution in [0.1, 0.15) is 67.7 Å². The topological polar surface area (TPSA) is 18.5 Å². The summed E-state index contributed by atoms with van der Waals surface area (Å²) in [5.41, 5.74) is 0. The monoisotopic (exact) mass is 512 g/mol. The molecule has 156 valence electrons. The minimum atomic E-state index is -1.76. The SMILES string of the molecule is C=C(I)[C@H](C)CC(CCCO[Si](C)(C)C(C)(C)C)O[Si](C)(C)C(C)(C)C. The molecular weight excluding hydrogens is 467 g/mol. The molecular formula is C21H45IO2Si2. The second kappa shape index (κ2) is 10.0. The second-order valence-corrected chi connectivity index (χ2v) is 21.8. The number of hydrogen-bond acceptors (Lipinski definition) is 2. The maximum Gasteiger partial charge on any atom is 0.192 e. The Morgan fingerprint density at radius 2 is 1.42 bits per heavy atom. The third-order valence-electron chi connectivity index (χ3n) is 6.36. The van der Waals surface area contributed by atoms with Crippen molar-refractivity contribution in [3.05, 3.63) is 10.2 Å². The van der Waals surface area contributed by atoms with Crippen molar-refractivity contribution in [3.8, 4) is 0 Å². The van der Waals surface area contributed by atoms with E-state index in [0.29, 0.717) is 12.0 Å². The van der Waals surface area contributed by atoms with Crippen molar-refractivity contribution in [2.45, 2.75) is 110 Å². The number of rotatable bonds is 10. The van der Waals surface area contributed by atoms with Crippen LogP contribution in [0.25, 0.3) is 0 Å². The van der Waals surface area contributed by atoms with E-state index in [1.54, 1.807) is 0 Å². The van der Waals surface area contributed by atoms with Crippen molar-refractivity contribution in [2.75, 3.05) is 6.61 Å². The molecule has 0 aromatic heterocycles. The summed E-state index contributed by atoms with van der Waals surface area (Å²) in [6, 6.07) is 0. The van der Waals surface area contributed by atoms with E-state index in [1.165, 1.54) is 3.58 Å². The van der Waals surface area contributed by atoms with Crippen molar-refractivity contribution in [2.24, 2.45) is 5.92 Å². The third-order valence-corrected chi connectivity index (χ3v) is 16.5. The van der Waals surface area contributed by atoms with E-state index in [2.05, 4.69) is 104 Å². The maximum absolute atomic E-state index is 6.77. The van der Waals surface area contributed by atoms with Crippen LogP contribution in [-0.2, 0) is 8.85 Å². The van der Waals surface area contributed by atoms with Crippen LogP contribution in [0.3, 0.4) is 0 Å². The molecule has 0 saturated heterocycles. The number of allylic oxidation sites excluding steroid dienone is 1. The van der Waals surface area contributed by atoms with E-state index in [-0.39, 0.29) is 10.1 Å². The van der Waals surface area contributed by atoms with Crippen LogP contribution in [0.5, 0.6) is 0 Å². The lowest BCUT2D eigenvalue weighted by atomic mass is 10.0. The van der Waals surface area contributed by atoms with Crippen LogP contribution in [0.4, 0.5) is 0 Å². The molecule has 2 atom stereocenters. The van der Waals surface area contributed by atoms with Crippen LogP contribution in [-0.4, -0.2) is 29.3 Å². The third kappa shape index (κ3) is 8.88. The molecule has 0 fully saturated rings. The largest absolute Gasteiger partial charge is 0.417 e. The van der Waals surface area contributed by atoms with Gasteiger partial charge in [0.15, 0.2) is 16.6 Å². The second-order valence-electron chi connectivity index (χ2n) is 10.8. The fourth-order valence-corrected chi connectivity index (χ4v) is 4.94. The molecule has 0 spiro atoms. The molecule has 0 radical (unpaired) electrons. The molecule has 26 heavy (non-hydrogen) atoms. The quantitative estimate of drug-likeness (QED) is 0.167. The van der Waals surface area contributed by atoms with Gasteiger partial charge in [-0.3, -0.25) is 0 Å². The van der Waals surface area contributed by atoms with Gasteiger partial charge in [-0.1, -0.05) is 55.0 Å². The van der Waals surface area contributed by atoms with Crippen LogP contribution < -0.4 is 0 Å². The van der Waals surface area contributed by atoms with Crippen molar-refractivity contribution < 1.29 is 8.85 Å². The van der Waals surface area contributed by atoms with Gasteiger partial charge in [0.25, 0.3) is 0 Å². The minimum Gasteiger partial charge on any atom is -0.417 e. The van der Waals surface area contributed by atoms with Gasteiger partial charge in [-0.2, -0.15) is 0 Å². The molecule has 0 aliphatic carbocycles. The smallest absolute Gasteiger partial charge is 0.192 e. The highest BCUT2D eigenvalue weighted by Gasteiger charge is 2.40. The Labute approximate surface area is 180 Å². The van der Waals surface area contributed by atoms with Gasteiger partial charge in [0.1, 0.15) is 0 Å². The van der Waals surface area contributed by atoms with Gasteiger partial charge < -0.3 is 8.85 Å². The van der Waals surface area contributed by atoms with Crippen molar-refractivity contribution in [3.63, 3.8) is 0 Å². The Kier molecular flexibility index (Phi) is 10.4. The van der Waals surface area contributed by atoms with Gasteiger partial charge in [-0.25, -0.2) is 0 Å². The molecule has 2 nitrogen and oxygen atoms in total. The van der Waals surface area contributed by atoms with Crippen LogP contribution in [0.2, 0.25) is 36.3 Å². The van der Waals surface area contributed by atoms with Crippen molar-refractivity contribution in [1.82, 2.24) is 0 Å². The predicted molar refractivity (Wildman–Crippen MR) is 131 cm³/mol. The van der Waals surface area contributed by atoms with E-state index >= 15 is 0 Å². The highest BCUT2D eigenvalue weighted by molar-refractivity contribution is 14.1. The van der Waals surface area contributed by atoms with Crippen molar-refractivity contribution >= 4 is 39.2 Å². The molecule has 0 saturated carbocycles. The van der Waals surface area contributed by atoms with Gasteiger partial charge in [0.05, 0.1) is 0 Å². The minimum absolute atomic E-state index is 0.244. The fraction of sp³-hybridized carbons (Fsp3) is 0.905. The molecule has 5 heteroatoms. The molecule has 0 bridgehead atoms. The van der Waals surface area contributed by atoms with Gasteiger partial charge in [-0.05, 0) is 87.6 Å². The zero-order chi connectivity index (χ0) is 21.0. The first kappa shape index (κ1) is 26.8. The zero-order valence-electron chi connectivity index (χ0n) is 19.4. The predicted octanol–water partition coefficient (Wildman–Crippen LogP) is 8.15. The maximum atomic E-state index is 6.77. The van der Waals surface area contributed by atoms with E-state index in [4.69, 9.17) is 8.85 Å². The zero-order valence-corrected chi connectivity index (χ0v) is 23.5. The van der Waals surface area contributed by atoms with E-state index in [9.17, 15) is 0 Å². The fourth-order valence-electron chi connectivity index (χ4n) is 2.20. The van der Waals surface area contributed by atoms with Gasteiger partial charge in [0.2, 0.25) is 0 Å². The molecule has 0 rings (SSSR count). The molecule has 0 N–H and O–H groups in total. The van der Waals surface area contributed by atoms with Crippen molar-refractivity contribution in [1.29, 1.82) is 0 Å². The molecule has 1 unspecified atom stereocenters. The molecule has 0 aromatic carbocycles.